The third-order valence-electron chi connectivity index (χ3n) is 6.83. The fraction of sp³-hybridized carbons (Fsp3) is 0.680. The molecule has 2 aliphatic rings. The van der Waals surface area contributed by atoms with Crippen LogP contribution in [0.2, 0.25) is 0 Å². The minimum atomic E-state index is -0.942. The van der Waals surface area contributed by atoms with Gasteiger partial charge in [-0.3, -0.25) is 4.79 Å². The molecule has 1 saturated carbocycles. The molecule has 0 bridgehead atoms. The monoisotopic (exact) mass is 447 g/mol. The molecular weight excluding hydrogens is 410 g/mol. The quantitative estimate of drug-likeness (QED) is 0.477. The molecule has 0 aromatic carbocycles. The molecule has 5 nitrogen and oxygen atoms in total. The van der Waals surface area contributed by atoms with Gasteiger partial charge >= 0.3 is 5.97 Å². The highest BCUT2D eigenvalue weighted by molar-refractivity contribution is 7.15. The molecule has 172 valence electrons. The molecule has 0 aliphatic heterocycles. The highest BCUT2D eigenvalue weighted by Gasteiger charge is 2.32. The van der Waals surface area contributed by atoms with Gasteiger partial charge in [0.25, 0.3) is 0 Å². The SMILES string of the molecule is COC(C)CCCN(C(=O)C1CCC(C)CC1)c1cc(C2=CCCCC2)sc1C(=O)O. The molecule has 1 aromatic heterocycles. The van der Waals surface area contributed by atoms with E-state index in [-0.39, 0.29) is 17.9 Å². The molecule has 0 radical (unpaired) electrons. The first-order chi connectivity index (χ1) is 14.9. The number of methoxy groups -OCH3 is 1. The van der Waals surface area contributed by atoms with Gasteiger partial charge in [-0.2, -0.15) is 0 Å². The topological polar surface area (TPSA) is 66.8 Å². The number of thiophene rings is 1. The van der Waals surface area contributed by atoms with Crippen LogP contribution in [-0.4, -0.2) is 36.7 Å². The van der Waals surface area contributed by atoms with E-state index >= 15 is 0 Å². The van der Waals surface area contributed by atoms with Gasteiger partial charge in [-0.25, -0.2) is 4.79 Å². The lowest BCUT2D eigenvalue weighted by molar-refractivity contribution is -0.123. The third kappa shape index (κ3) is 6.19. The zero-order valence-electron chi connectivity index (χ0n) is 19.2. The van der Waals surface area contributed by atoms with Crippen molar-refractivity contribution < 1.29 is 19.4 Å². The second-order valence-corrected chi connectivity index (χ2v) is 10.3. The Hall–Kier alpha value is -1.66. The molecule has 3 rings (SSSR count). The molecule has 2 aliphatic carbocycles. The van der Waals surface area contributed by atoms with E-state index in [0.29, 0.717) is 23.0 Å². The maximum Gasteiger partial charge on any atom is 0.348 e. The fourth-order valence-corrected chi connectivity index (χ4v) is 5.75. The second kappa shape index (κ2) is 11.3. The number of hydrogen-bond donors (Lipinski definition) is 1. The zero-order chi connectivity index (χ0) is 22.4. The lowest BCUT2D eigenvalue weighted by Gasteiger charge is -2.31. The van der Waals surface area contributed by atoms with Gasteiger partial charge < -0.3 is 14.7 Å². The maximum atomic E-state index is 13.6. The first-order valence-corrected chi connectivity index (χ1v) is 12.6. The summed E-state index contributed by atoms with van der Waals surface area (Å²) >= 11 is 1.32. The van der Waals surface area contributed by atoms with Crippen LogP contribution < -0.4 is 4.90 Å². The van der Waals surface area contributed by atoms with Crippen molar-refractivity contribution in [3.05, 3.63) is 21.9 Å². The minimum absolute atomic E-state index is 0.00469. The highest BCUT2D eigenvalue weighted by atomic mass is 32.1. The molecular formula is C25H37NO4S. The van der Waals surface area contributed by atoms with Gasteiger partial charge in [0.15, 0.2) is 0 Å². The Kier molecular flexibility index (Phi) is 8.73. The number of carbonyl (C=O) groups excluding carboxylic acids is 1. The number of anilines is 1. The molecule has 31 heavy (non-hydrogen) atoms. The lowest BCUT2D eigenvalue weighted by Crippen LogP contribution is -2.39. The summed E-state index contributed by atoms with van der Waals surface area (Å²) in [6.07, 6.45) is 12.3. The third-order valence-corrected chi connectivity index (χ3v) is 8.02. The lowest BCUT2D eigenvalue weighted by atomic mass is 9.82. The number of carbonyl (C=O) groups is 2. The van der Waals surface area contributed by atoms with Gasteiger partial charge in [-0.05, 0) is 88.7 Å². The van der Waals surface area contributed by atoms with Gasteiger partial charge in [0.1, 0.15) is 4.88 Å². The van der Waals surface area contributed by atoms with Crippen LogP contribution in [0.4, 0.5) is 5.69 Å². The van der Waals surface area contributed by atoms with Crippen LogP contribution in [0.1, 0.15) is 92.6 Å². The summed E-state index contributed by atoms with van der Waals surface area (Å²) in [5.74, 6) is -0.181. The van der Waals surface area contributed by atoms with Gasteiger partial charge in [0.2, 0.25) is 5.91 Å². The van der Waals surface area contributed by atoms with Crippen LogP contribution >= 0.6 is 11.3 Å². The number of aromatic carboxylic acids is 1. The highest BCUT2D eigenvalue weighted by Crippen LogP contribution is 2.39. The molecule has 1 atom stereocenters. The number of allylic oxidation sites excluding steroid dienone is 2. The predicted molar refractivity (Wildman–Crippen MR) is 127 cm³/mol. The molecule has 1 N–H and O–H groups in total. The number of ether oxygens (including phenoxy) is 1. The Labute approximate surface area is 190 Å². The van der Waals surface area contributed by atoms with Crippen LogP contribution in [0, 0.1) is 11.8 Å². The summed E-state index contributed by atoms with van der Waals surface area (Å²) in [4.78, 5) is 28.8. The Balaban J connectivity index is 1.89. The zero-order valence-corrected chi connectivity index (χ0v) is 20.0. The van der Waals surface area contributed by atoms with E-state index < -0.39 is 5.97 Å². The molecule has 6 heteroatoms. The Morgan fingerprint density at radius 1 is 1.26 bits per heavy atom. The van der Waals surface area contributed by atoms with Crippen molar-refractivity contribution in [2.75, 3.05) is 18.6 Å². The predicted octanol–water partition coefficient (Wildman–Crippen LogP) is 6.38. The van der Waals surface area contributed by atoms with Crippen molar-refractivity contribution in [1.29, 1.82) is 0 Å². The number of carboxylic acid groups (broad SMARTS) is 1. The first-order valence-electron chi connectivity index (χ1n) is 11.8. The van der Waals surface area contributed by atoms with Crippen molar-refractivity contribution in [2.24, 2.45) is 11.8 Å². The molecule has 1 unspecified atom stereocenters. The van der Waals surface area contributed by atoms with E-state index in [1.54, 1.807) is 12.0 Å². The number of amides is 1. The summed E-state index contributed by atoms with van der Waals surface area (Å²) in [5, 5.41) is 9.94. The summed E-state index contributed by atoms with van der Waals surface area (Å²) < 4.78 is 5.37. The Morgan fingerprint density at radius 2 is 2.00 bits per heavy atom. The van der Waals surface area contributed by atoms with E-state index in [1.165, 1.54) is 23.3 Å². The van der Waals surface area contributed by atoms with Gasteiger partial charge in [-0.15, -0.1) is 11.3 Å². The number of nitrogens with zero attached hydrogens (tertiary/aromatic N) is 1. The van der Waals surface area contributed by atoms with E-state index in [9.17, 15) is 14.7 Å². The van der Waals surface area contributed by atoms with Crippen molar-refractivity contribution in [3.63, 3.8) is 0 Å². The molecule has 1 heterocycles. The summed E-state index contributed by atoms with van der Waals surface area (Å²) in [6, 6.07) is 1.97. The fourth-order valence-electron chi connectivity index (χ4n) is 4.69. The largest absolute Gasteiger partial charge is 0.477 e. The summed E-state index contributed by atoms with van der Waals surface area (Å²) in [7, 11) is 1.70. The van der Waals surface area contributed by atoms with Crippen molar-refractivity contribution in [3.8, 4) is 0 Å². The standard InChI is InChI=1S/C25H37NO4S/c1-17-11-13-20(14-12-17)24(27)26(15-7-8-18(2)30-3)21-16-22(31-23(21)25(28)29)19-9-5-4-6-10-19/h9,16-18,20H,4-8,10-15H2,1-3H3,(H,28,29). The second-order valence-electron chi connectivity index (χ2n) is 9.24. The Morgan fingerprint density at radius 3 is 2.61 bits per heavy atom. The van der Waals surface area contributed by atoms with Crippen LogP contribution in [0.15, 0.2) is 12.1 Å². The van der Waals surface area contributed by atoms with Crippen LogP contribution in [0.25, 0.3) is 5.57 Å². The summed E-state index contributed by atoms with van der Waals surface area (Å²) in [5.41, 5.74) is 1.82. The van der Waals surface area contributed by atoms with E-state index in [2.05, 4.69) is 13.0 Å². The van der Waals surface area contributed by atoms with Crippen LogP contribution in [-0.2, 0) is 9.53 Å². The maximum absolute atomic E-state index is 13.6. The minimum Gasteiger partial charge on any atom is -0.477 e. The van der Waals surface area contributed by atoms with Crippen molar-refractivity contribution in [2.45, 2.75) is 84.2 Å². The molecule has 1 aromatic rings. The van der Waals surface area contributed by atoms with Gasteiger partial charge in [0.05, 0.1) is 11.8 Å². The molecule has 1 fully saturated rings. The van der Waals surface area contributed by atoms with E-state index in [0.717, 1.165) is 62.7 Å². The van der Waals surface area contributed by atoms with Crippen molar-refractivity contribution in [1.82, 2.24) is 0 Å². The number of hydrogen-bond acceptors (Lipinski definition) is 4. The molecule has 0 spiro atoms. The molecule has 0 saturated heterocycles. The van der Waals surface area contributed by atoms with Crippen molar-refractivity contribution >= 4 is 34.5 Å². The average Bonchev–Trinajstić information content (AvgIpc) is 3.23. The number of rotatable bonds is 9. The number of carboxylic acids is 1. The van der Waals surface area contributed by atoms with Crippen LogP contribution in [0.3, 0.4) is 0 Å². The first kappa shape index (κ1) is 24.0. The van der Waals surface area contributed by atoms with E-state index in [4.69, 9.17) is 4.74 Å². The smallest absolute Gasteiger partial charge is 0.348 e. The molecule has 1 amide bonds. The van der Waals surface area contributed by atoms with E-state index in [1.807, 2.05) is 13.0 Å². The normalized spacial score (nSPS) is 22.6. The van der Waals surface area contributed by atoms with Gasteiger partial charge in [-0.1, -0.05) is 13.0 Å². The van der Waals surface area contributed by atoms with Gasteiger partial charge in [0, 0.05) is 24.4 Å². The van der Waals surface area contributed by atoms with Crippen LogP contribution in [0.5, 0.6) is 0 Å². The summed E-state index contributed by atoms with van der Waals surface area (Å²) in [6.45, 7) is 4.81. The Bertz CT molecular complexity index is 791. The average molecular weight is 448 g/mol.